The molecule has 3 rings (SSSR count). The Hall–Kier alpha value is -3.51. The van der Waals surface area contributed by atoms with Crippen LogP contribution in [0.5, 0.6) is 0 Å². The van der Waals surface area contributed by atoms with Crippen molar-refractivity contribution >= 4 is 41.7 Å². The molecule has 0 bridgehead atoms. The fourth-order valence-electron chi connectivity index (χ4n) is 3.57. The van der Waals surface area contributed by atoms with Crippen molar-refractivity contribution in [3.8, 4) is 0 Å². The van der Waals surface area contributed by atoms with Gasteiger partial charge in [0.15, 0.2) is 0 Å². The summed E-state index contributed by atoms with van der Waals surface area (Å²) >= 11 is 0. The molecule has 0 saturated carbocycles. The first-order valence-electron chi connectivity index (χ1n) is 10.5. The number of nitrogens with zero attached hydrogens (tertiary/aromatic N) is 3. The van der Waals surface area contributed by atoms with Crippen LogP contribution >= 0.6 is 0 Å². The van der Waals surface area contributed by atoms with Crippen molar-refractivity contribution in [1.29, 1.82) is 0 Å². The average molecular weight is 467 g/mol. The molecule has 3 saturated heterocycles. The number of amides is 5. The lowest BCUT2D eigenvalue weighted by molar-refractivity contribution is -0.206. The number of carbonyl (C=O) groups excluding carboxylic acids is 7. The molecule has 0 aliphatic carbocycles. The lowest BCUT2D eigenvalue weighted by atomic mass is 9.91. The second-order valence-corrected chi connectivity index (χ2v) is 8.90. The minimum atomic E-state index is -1.38. The molecule has 0 aromatic carbocycles. The third kappa shape index (κ3) is 5.46. The van der Waals surface area contributed by atoms with Crippen LogP contribution in [0.2, 0.25) is 0 Å². The number of likely N-dealkylation sites (tertiary alicyclic amines) is 1. The van der Waals surface area contributed by atoms with Crippen LogP contribution in [0.4, 0.5) is 4.79 Å². The summed E-state index contributed by atoms with van der Waals surface area (Å²) in [4.78, 5) is 96.1. The van der Waals surface area contributed by atoms with Crippen LogP contribution in [0.15, 0.2) is 0 Å². The quantitative estimate of drug-likeness (QED) is 0.524. The molecule has 5 amide bonds. The zero-order valence-electron chi connectivity index (χ0n) is 18.5. The van der Waals surface area contributed by atoms with Gasteiger partial charge in [-0.05, 0) is 33.6 Å². The van der Waals surface area contributed by atoms with Crippen molar-refractivity contribution in [3.63, 3.8) is 0 Å². The zero-order chi connectivity index (χ0) is 24.5. The highest BCUT2D eigenvalue weighted by molar-refractivity contribution is 6.02. The SMILES string of the molecule is CC(C)(C)OC(=O)N1CC[C@@H](C(=O)ON2C(=O)CCC2=O)C[C@H]1C(=O)ON1C(=O)CCC1=O. The molecular weight excluding hydrogens is 442 g/mol. The van der Waals surface area contributed by atoms with Crippen molar-refractivity contribution in [2.24, 2.45) is 5.92 Å². The standard InChI is InChI=1S/C20H25N3O10/c1-20(2,3)31-19(30)21-9-8-11(17(28)32-22-13(24)4-5-14(22)25)10-12(21)18(29)33-23-15(26)6-7-16(23)27/h11-12H,4-10H2,1-3H3/t11-,12+/m1/s1. The number of rotatable bonds is 4. The van der Waals surface area contributed by atoms with Gasteiger partial charge in [-0.3, -0.25) is 24.1 Å². The van der Waals surface area contributed by atoms with Crippen LogP contribution in [0.25, 0.3) is 0 Å². The van der Waals surface area contributed by atoms with Gasteiger partial charge < -0.3 is 14.4 Å². The molecule has 3 aliphatic rings. The Morgan fingerprint density at radius 3 is 1.70 bits per heavy atom. The Labute approximate surface area is 188 Å². The number of imide groups is 2. The summed E-state index contributed by atoms with van der Waals surface area (Å²) in [5, 5.41) is 0.747. The molecule has 13 heteroatoms. The zero-order valence-corrected chi connectivity index (χ0v) is 18.5. The molecule has 180 valence electrons. The highest BCUT2D eigenvalue weighted by Gasteiger charge is 2.45. The van der Waals surface area contributed by atoms with Crippen molar-refractivity contribution in [1.82, 2.24) is 15.0 Å². The van der Waals surface area contributed by atoms with Crippen LogP contribution in [-0.4, -0.2) is 74.9 Å². The van der Waals surface area contributed by atoms with Crippen LogP contribution in [0.3, 0.4) is 0 Å². The smallest absolute Gasteiger partial charge is 0.411 e. The molecular formula is C20H25N3O10. The van der Waals surface area contributed by atoms with Gasteiger partial charge >= 0.3 is 18.0 Å². The second-order valence-electron chi connectivity index (χ2n) is 8.90. The summed E-state index contributed by atoms with van der Waals surface area (Å²) in [6.07, 6.45) is -1.45. The minimum Gasteiger partial charge on any atom is -0.444 e. The molecule has 3 heterocycles. The predicted octanol–water partition coefficient (Wildman–Crippen LogP) is 0.217. The van der Waals surface area contributed by atoms with Crippen molar-refractivity contribution < 1.29 is 48.0 Å². The fourth-order valence-corrected chi connectivity index (χ4v) is 3.57. The first-order valence-corrected chi connectivity index (χ1v) is 10.5. The Balaban J connectivity index is 1.75. The lowest BCUT2D eigenvalue weighted by Crippen LogP contribution is -2.54. The van der Waals surface area contributed by atoms with E-state index >= 15 is 0 Å². The molecule has 0 aromatic heterocycles. The summed E-state index contributed by atoms with van der Waals surface area (Å²) in [6.45, 7) is 4.79. The van der Waals surface area contributed by atoms with Gasteiger partial charge in [0.25, 0.3) is 23.6 Å². The first kappa shape index (κ1) is 24.1. The highest BCUT2D eigenvalue weighted by Crippen LogP contribution is 2.28. The number of ether oxygens (including phenoxy) is 1. The topological polar surface area (TPSA) is 157 Å². The van der Waals surface area contributed by atoms with E-state index in [1.807, 2.05) is 0 Å². The van der Waals surface area contributed by atoms with Gasteiger partial charge in [0.2, 0.25) is 0 Å². The fraction of sp³-hybridized carbons (Fsp3) is 0.650. The molecule has 13 nitrogen and oxygen atoms in total. The van der Waals surface area contributed by atoms with E-state index in [9.17, 15) is 33.6 Å². The van der Waals surface area contributed by atoms with Crippen molar-refractivity contribution in [2.75, 3.05) is 6.54 Å². The van der Waals surface area contributed by atoms with Gasteiger partial charge in [-0.2, -0.15) is 0 Å². The number of piperidine rings is 1. The molecule has 0 N–H and O–H groups in total. The lowest BCUT2D eigenvalue weighted by Gasteiger charge is -2.37. The average Bonchev–Trinajstić information content (AvgIpc) is 3.22. The van der Waals surface area contributed by atoms with E-state index < -0.39 is 59.2 Å². The predicted molar refractivity (Wildman–Crippen MR) is 104 cm³/mol. The van der Waals surface area contributed by atoms with Gasteiger partial charge in [-0.25, -0.2) is 14.4 Å². The Morgan fingerprint density at radius 2 is 1.24 bits per heavy atom. The Kier molecular flexibility index (Phi) is 6.70. The molecule has 3 fully saturated rings. The summed E-state index contributed by atoms with van der Waals surface area (Å²) in [7, 11) is 0. The first-order chi connectivity index (χ1) is 15.4. The molecule has 2 atom stereocenters. The molecule has 0 unspecified atom stereocenters. The highest BCUT2D eigenvalue weighted by atomic mass is 16.7. The van der Waals surface area contributed by atoms with Crippen molar-refractivity contribution in [3.05, 3.63) is 0 Å². The minimum absolute atomic E-state index is 0.0552. The van der Waals surface area contributed by atoms with Gasteiger partial charge in [0, 0.05) is 32.2 Å². The van der Waals surface area contributed by atoms with Crippen LogP contribution in [0, 0.1) is 5.92 Å². The molecule has 3 aliphatic heterocycles. The molecule has 0 radical (unpaired) electrons. The normalized spacial score (nSPS) is 23.8. The van der Waals surface area contributed by atoms with Crippen molar-refractivity contribution in [2.45, 2.75) is 70.9 Å². The maximum absolute atomic E-state index is 12.9. The third-order valence-electron chi connectivity index (χ3n) is 5.21. The summed E-state index contributed by atoms with van der Waals surface area (Å²) in [6, 6.07) is -1.38. The number of hydroxylamine groups is 4. The van der Waals surface area contributed by atoms with Crippen LogP contribution in [0.1, 0.15) is 59.3 Å². The van der Waals surface area contributed by atoms with E-state index in [0.29, 0.717) is 10.1 Å². The Morgan fingerprint density at radius 1 is 0.788 bits per heavy atom. The Bertz CT molecular complexity index is 876. The second kappa shape index (κ2) is 9.16. The van der Waals surface area contributed by atoms with Gasteiger partial charge in [0.05, 0.1) is 5.92 Å². The summed E-state index contributed by atoms with van der Waals surface area (Å²) in [5.74, 6) is -5.69. The molecule has 33 heavy (non-hydrogen) atoms. The van der Waals surface area contributed by atoms with Crippen LogP contribution < -0.4 is 0 Å². The van der Waals surface area contributed by atoms with Crippen LogP contribution in [-0.2, 0) is 43.2 Å². The maximum atomic E-state index is 12.9. The number of hydrogen-bond donors (Lipinski definition) is 0. The van der Waals surface area contributed by atoms with Gasteiger partial charge in [0.1, 0.15) is 11.6 Å². The maximum Gasteiger partial charge on any atom is 0.411 e. The molecule has 0 spiro atoms. The largest absolute Gasteiger partial charge is 0.444 e. The van der Waals surface area contributed by atoms with E-state index in [1.54, 1.807) is 20.8 Å². The van der Waals surface area contributed by atoms with Gasteiger partial charge in [-0.1, -0.05) is 0 Å². The van der Waals surface area contributed by atoms with Gasteiger partial charge in [-0.15, -0.1) is 10.1 Å². The number of hydrogen-bond acceptors (Lipinski definition) is 10. The third-order valence-corrected chi connectivity index (χ3v) is 5.21. The van der Waals surface area contributed by atoms with E-state index in [0.717, 1.165) is 4.90 Å². The van der Waals surface area contributed by atoms with E-state index in [4.69, 9.17) is 14.4 Å². The van der Waals surface area contributed by atoms with E-state index in [1.165, 1.54) is 0 Å². The summed E-state index contributed by atoms with van der Waals surface area (Å²) < 4.78 is 5.32. The van der Waals surface area contributed by atoms with E-state index in [-0.39, 0.29) is 45.1 Å². The summed E-state index contributed by atoms with van der Waals surface area (Å²) in [5.41, 5.74) is -0.876. The molecule has 0 aromatic rings. The monoisotopic (exact) mass is 467 g/mol. The number of carbonyl (C=O) groups is 7. The van der Waals surface area contributed by atoms with E-state index in [2.05, 4.69) is 0 Å².